The highest BCUT2D eigenvalue weighted by atomic mass is 32.2. The lowest BCUT2D eigenvalue weighted by Crippen LogP contribution is -2.15. The van der Waals surface area contributed by atoms with Gasteiger partial charge in [0.1, 0.15) is 6.07 Å². The Bertz CT molecular complexity index is 838. The van der Waals surface area contributed by atoms with E-state index < -0.39 is 17.7 Å². The van der Waals surface area contributed by atoms with E-state index in [1.54, 1.807) is 12.3 Å². The van der Waals surface area contributed by atoms with Crippen LogP contribution >= 0.6 is 11.8 Å². The highest BCUT2D eigenvalue weighted by Gasteiger charge is 2.35. The summed E-state index contributed by atoms with van der Waals surface area (Å²) in [7, 11) is 1.08. The highest BCUT2D eigenvalue weighted by Crippen LogP contribution is 2.38. The second-order valence-corrected chi connectivity index (χ2v) is 5.54. The summed E-state index contributed by atoms with van der Waals surface area (Å²) in [6, 6.07) is 5.43. The molecule has 0 atom stereocenters. The molecule has 2 aromatic rings. The number of nitrogens with zero attached hydrogens (tertiary/aromatic N) is 2. The minimum absolute atomic E-state index is 0.113. The molecule has 1 heterocycles. The second kappa shape index (κ2) is 6.49. The average Bonchev–Trinajstić information content (AvgIpc) is 2.89. The fourth-order valence-electron chi connectivity index (χ4n) is 2.18. The number of esters is 1. The summed E-state index contributed by atoms with van der Waals surface area (Å²) in [6.07, 6.45) is -1.91. The van der Waals surface area contributed by atoms with Gasteiger partial charge in [0.2, 0.25) is 0 Å². The number of thioether (sulfide) groups is 1. The van der Waals surface area contributed by atoms with Crippen molar-refractivity contribution >= 4 is 23.4 Å². The zero-order chi connectivity index (χ0) is 18.1. The summed E-state index contributed by atoms with van der Waals surface area (Å²) in [5.74, 6) is -0.934. The Morgan fingerprint density at radius 3 is 2.58 bits per heavy atom. The Kier molecular flexibility index (Phi) is 4.80. The molecule has 0 saturated carbocycles. The van der Waals surface area contributed by atoms with E-state index in [4.69, 9.17) is 11.0 Å². The number of alkyl halides is 3. The highest BCUT2D eigenvalue weighted by molar-refractivity contribution is 7.98. The first-order chi connectivity index (χ1) is 11.2. The number of hydrogen-bond donors (Lipinski definition) is 1. The van der Waals surface area contributed by atoms with Crippen molar-refractivity contribution in [1.82, 2.24) is 4.57 Å². The summed E-state index contributed by atoms with van der Waals surface area (Å²) in [5.41, 5.74) is 3.79. The SMILES string of the molecule is COC(=O)c1c(N)c(C#N)cn1-c1ccc(SC)cc1C(F)(F)F. The number of carbonyl (C=O) groups excluding carboxylic acids is 1. The molecule has 0 fully saturated rings. The Balaban J connectivity index is 2.82. The van der Waals surface area contributed by atoms with Crippen molar-refractivity contribution in [2.75, 3.05) is 19.1 Å². The number of nitriles is 1. The molecule has 0 radical (unpaired) electrons. The summed E-state index contributed by atoms with van der Waals surface area (Å²) in [5, 5.41) is 9.05. The van der Waals surface area contributed by atoms with Crippen LogP contribution in [0.2, 0.25) is 0 Å². The first-order valence-electron chi connectivity index (χ1n) is 6.49. The Hall–Kier alpha value is -2.60. The number of aromatic nitrogens is 1. The van der Waals surface area contributed by atoms with Crippen LogP contribution in [0.5, 0.6) is 0 Å². The normalized spacial score (nSPS) is 11.2. The lowest BCUT2D eigenvalue weighted by atomic mass is 10.1. The lowest BCUT2D eigenvalue weighted by Gasteiger charge is -2.16. The molecule has 0 spiro atoms. The number of nitrogens with two attached hydrogens (primary N) is 1. The molecule has 2 N–H and O–H groups in total. The van der Waals surface area contributed by atoms with Crippen LogP contribution in [0, 0.1) is 11.3 Å². The smallest absolute Gasteiger partial charge is 0.418 e. The molecule has 9 heteroatoms. The number of methoxy groups -OCH3 is 1. The number of carbonyl (C=O) groups is 1. The van der Waals surface area contributed by atoms with Crippen LogP contribution in [0.1, 0.15) is 21.6 Å². The fourth-order valence-corrected chi connectivity index (χ4v) is 2.62. The largest absolute Gasteiger partial charge is 0.464 e. The first-order valence-corrected chi connectivity index (χ1v) is 7.71. The minimum atomic E-state index is -4.65. The van der Waals surface area contributed by atoms with Crippen LogP contribution in [-0.4, -0.2) is 23.9 Å². The quantitative estimate of drug-likeness (QED) is 0.674. The molecule has 2 rings (SSSR count). The molecule has 24 heavy (non-hydrogen) atoms. The van der Waals surface area contributed by atoms with E-state index in [2.05, 4.69) is 4.74 Å². The molecule has 126 valence electrons. The second-order valence-electron chi connectivity index (χ2n) is 4.66. The van der Waals surface area contributed by atoms with E-state index in [0.29, 0.717) is 4.90 Å². The maximum absolute atomic E-state index is 13.4. The number of hydrogen-bond acceptors (Lipinski definition) is 5. The molecular weight excluding hydrogens is 343 g/mol. The maximum Gasteiger partial charge on any atom is 0.418 e. The summed E-state index contributed by atoms with van der Waals surface area (Å²) >= 11 is 1.15. The lowest BCUT2D eigenvalue weighted by molar-refractivity contribution is -0.137. The topological polar surface area (TPSA) is 81.0 Å². The number of rotatable bonds is 3. The molecule has 5 nitrogen and oxygen atoms in total. The van der Waals surface area contributed by atoms with Crippen molar-refractivity contribution in [2.45, 2.75) is 11.1 Å². The van der Waals surface area contributed by atoms with Gasteiger partial charge in [-0.1, -0.05) is 0 Å². The van der Waals surface area contributed by atoms with Gasteiger partial charge in [-0.05, 0) is 24.5 Å². The Morgan fingerprint density at radius 2 is 2.08 bits per heavy atom. The molecule has 0 aliphatic rings. The van der Waals surface area contributed by atoms with Gasteiger partial charge in [0.25, 0.3) is 0 Å². The number of benzene rings is 1. The third kappa shape index (κ3) is 3.05. The number of halogens is 3. The van der Waals surface area contributed by atoms with Crippen LogP contribution in [0.25, 0.3) is 5.69 Å². The van der Waals surface area contributed by atoms with E-state index >= 15 is 0 Å². The molecule has 0 saturated heterocycles. The van der Waals surface area contributed by atoms with Crippen molar-refractivity contribution in [3.63, 3.8) is 0 Å². The molecule has 1 aromatic heterocycles. The van der Waals surface area contributed by atoms with Crippen molar-refractivity contribution in [2.24, 2.45) is 0 Å². The monoisotopic (exact) mass is 355 g/mol. The Labute approximate surface area is 139 Å². The minimum Gasteiger partial charge on any atom is -0.464 e. The molecule has 0 aliphatic carbocycles. The number of nitrogen functional groups attached to an aromatic ring is 1. The van der Waals surface area contributed by atoms with Gasteiger partial charge in [0.15, 0.2) is 5.69 Å². The van der Waals surface area contributed by atoms with Crippen LogP contribution in [0.3, 0.4) is 0 Å². The summed E-state index contributed by atoms with van der Waals surface area (Å²) in [4.78, 5) is 12.3. The van der Waals surface area contributed by atoms with E-state index in [-0.39, 0.29) is 22.6 Å². The van der Waals surface area contributed by atoms with Crippen LogP contribution < -0.4 is 5.73 Å². The third-order valence-electron chi connectivity index (χ3n) is 3.31. The van der Waals surface area contributed by atoms with Gasteiger partial charge < -0.3 is 15.0 Å². The van der Waals surface area contributed by atoms with Crippen molar-refractivity contribution in [3.05, 3.63) is 41.2 Å². The molecule has 1 aromatic carbocycles. The third-order valence-corrected chi connectivity index (χ3v) is 4.04. The zero-order valence-electron chi connectivity index (χ0n) is 12.6. The molecule has 0 aliphatic heterocycles. The van der Waals surface area contributed by atoms with Gasteiger partial charge in [-0.3, -0.25) is 0 Å². The number of anilines is 1. The first kappa shape index (κ1) is 17.7. The predicted molar refractivity (Wildman–Crippen MR) is 83.0 cm³/mol. The van der Waals surface area contributed by atoms with E-state index in [0.717, 1.165) is 35.7 Å². The Morgan fingerprint density at radius 1 is 1.42 bits per heavy atom. The van der Waals surface area contributed by atoms with Gasteiger partial charge in [0.05, 0.1) is 29.6 Å². The summed E-state index contributed by atoms with van der Waals surface area (Å²) in [6.45, 7) is 0. The van der Waals surface area contributed by atoms with E-state index in [1.807, 2.05) is 0 Å². The fraction of sp³-hybridized carbons (Fsp3) is 0.200. The van der Waals surface area contributed by atoms with E-state index in [9.17, 15) is 18.0 Å². The van der Waals surface area contributed by atoms with Crippen LogP contribution in [0.4, 0.5) is 18.9 Å². The van der Waals surface area contributed by atoms with Crippen molar-refractivity contribution in [1.29, 1.82) is 5.26 Å². The molecular formula is C15H12F3N3O2S. The maximum atomic E-state index is 13.4. The molecule has 0 amide bonds. The van der Waals surface area contributed by atoms with Gasteiger partial charge in [-0.15, -0.1) is 11.8 Å². The van der Waals surface area contributed by atoms with Gasteiger partial charge in [-0.25, -0.2) is 4.79 Å². The average molecular weight is 355 g/mol. The predicted octanol–water partition coefficient (Wildman–Crippen LogP) is 3.46. The standard InChI is InChI=1S/C15H12F3N3O2S/c1-23-14(22)13-12(20)8(6-19)7-21(13)11-4-3-9(24-2)5-10(11)15(16,17)18/h3-5,7H,20H2,1-2H3. The van der Waals surface area contributed by atoms with Gasteiger partial charge in [-0.2, -0.15) is 18.4 Å². The molecule has 0 bridgehead atoms. The number of ether oxygens (including phenoxy) is 1. The van der Waals surface area contributed by atoms with Gasteiger partial charge in [0, 0.05) is 11.1 Å². The zero-order valence-corrected chi connectivity index (χ0v) is 13.5. The van der Waals surface area contributed by atoms with Gasteiger partial charge >= 0.3 is 12.1 Å². The summed E-state index contributed by atoms with van der Waals surface area (Å²) < 4.78 is 45.8. The van der Waals surface area contributed by atoms with Crippen LogP contribution in [0.15, 0.2) is 29.3 Å². The van der Waals surface area contributed by atoms with Crippen LogP contribution in [-0.2, 0) is 10.9 Å². The van der Waals surface area contributed by atoms with Crippen molar-refractivity contribution in [3.8, 4) is 11.8 Å². The van der Waals surface area contributed by atoms with E-state index in [1.165, 1.54) is 12.1 Å². The molecule has 0 unspecified atom stereocenters. The van der Waals surface area contributed by atoms with Crippen molar-refractivity contribution < 1.29 is 22.7 Å².